The molecule has 37 heavy (non-hydrogen) atoms. The van der Waals surface area contributed by atoms with Crippen LogP contribution < -0.4 is 9.46 Å². The van der Waals surface area contributed by atoms with Crippen LogP contribution in [0.1, 0.15) is 21.7 Å². The average Bonchev–Trinajstić information content (AvgIpc) is 3.26. The van der Waals surface area contributed by atoms with Gasteiger partial charge in [-0.25, -0.2) is 22.5 Å². The Morgan fingerprint density at radius 2 is 1.68 bits per heavy atom. The lowest BCUT2D eigenvalue weighted by atomic mass is 10.0. The normalized spacial score (nSPS) is 11.4. The van der Waals surface area contributed by atoms with E-state index in [1.54, 1.807) is 36.4 Å². The van der Waals surface area contributed by atoms with E-state index < -0.39 is 21.7 Å². The summed E-state index contributed by atoms with van der Waals surface area (Å²) < 4.78 is 47.0. The summed E-state index contributed by atoms with van der Waals surface area (Å²) in [6, 6.07) is 25.0. The molecule has 0 fully saturated rings. The molecule has 0 saturated heterocycles. The largest absolute Gasteiger partial charge is 0.494 e. The number of aromatic amines is 1. The zero-order valence-corrected chi connectivity index (χ0v) is 20.6. The monoisotopic (exact) mass is 515 g/mol. The number of nitrogens with zero attached hydrogens (tertiary/aromatic N) is 1. The summed E-state index contributed by atoms with van der Waals surface area (Å²) in [6.45, 7) is 0. The summed E-state index contributed by atoms with van der Waals surface area (Å²) in [5, 5.41) is 0.653. The van der Waals surface area contributed by atoms with E-state index in [9.17, 15) is 17.6 Å². The first-order valence-electron chi connectivity index (χ1n) is 11.4. The molecule has 0 spiro atoms. The Labute approximate surface area is 213 Å². The lowest BCUT2D eigenvalue weighted by Crippen LogP contribution is -2.31. The van der Waals surface area contributed by atoms with Crippen LogP contribution in [0.4, 0.5) is 4.39 Å². The first-order valence-corrected chi connectivity index (χ1v) is 12.9. The second-order valence-corrected chi connectivity index (χ2v) is 10.00. The number of ether oxygens (including phenoxy) is 1. The Hall–Kier alpha value is -4.50. The maximum Gasteiger partial charge on any atom is 0.283 e. The van der Waals surface area contributed by atoms with Crippen LogP contribution in [0.5, 0.6) is 5.75 Å². The Bertz CT molecular complexity index is 1700. The van der Waals surface area contributed by atoms with Gasteiger partial charge in [-0.15, -0.1) is 0 Å². The van der Waals surface area contributed by atoms with Crippen molar-refractivity contribution in [2.75, 3.05) is 7.11 Å². The van der Waals surface area contributed by atoms with Gasteiger partial charge in [0.05, 0.1) is 23.2 Å². The van der Waals surface area contributed by atoms with E-state index in [1.807, 2.05) is 30.3 Å². The molecule has 0 radical (unpaired) electrons. The first-order chi connectivity index (χ1) is 17.9. The lowest BCUT2D eigenvalue weighted by Gasteiger charge is -2.09. The predicted molar refractivity (Wildman–Crippen MR) is 138 cm³/mol. The molecule has 0 aliphatic carbocycles. The number of carbonyl (C=O) groups is 1. The van der Waals surface area contributed by atoms with Gasteiger partial charge in [-0.1, -0.05) is 54.6 Å². The van der Waals surface area contributed by atoms with Gasteiger partial charge in [0.2, 0.25) is 0 Å². The number of hydrogen-bond acceptors (Lipinski definition) is 5. The Morgan fingerprint density at radius 1 is 0.973 bits per heavy atom. The SMILES string of the molecule is COc1cc2[nH]c(-c3ccccc3)c(Cc3cccc(C(=O)NS(=O)(=O)c4ccccc4)n3)c2cc1F. The summed E-state index contributed by atoms with van der Waals surface area (Å²) in [5.74, 6) is -1.22. The highest BCUT2D eigenvalue weighted by molar-refractivity contribution is 7.90. The minimum Gasteiger partial charge on any atom is -0.494 e. The fourth-order valence-corrected chi connectivity index (χ4v) is 5.14. The van der Waals surface area contributed by atoms with Gasteiger partial charge in [-0.3, -0.25) is 4.79 Å². The number of aromatic nitrogens is 2. The molecule has 9 heteroatoms. The Balaban J connectivity index is 1.51. The first kappa shape index (κ1) is 24.2. The summed E-state index contributed by atoms with van der Waals surface area (Å²) in [5.41, 5.74) is 3.62. The van der Waals surface area contributed by atoms with Gasteiger partial charge in [0.15, 0.2) is 11.6 Å². The smallest absolute Gasteiger partial charge is 0.283 e. The van der Waals surface area contributed by atoms with Crippen molar-refractivity contribution in [1.82, 2.24) is 14.7 Å². The van der Waals surface area contributed by atoms with E-state index in [4.69, 9.17) is 4.74 Å². The molecule has 5 aromatic rings. The molecule has 1 amide bonds. The van der Waals surface area contributed by atoms with Crippen molar-refractivity contribution in [1.29, 1.82) is 0 Å². The highest BCUT2D eigenvalue weighted by Crippen LogP contribution is 2.35. The number of carbonyl (C=O) groups excluding carboxylic acids is 1. The van der Waals surface area contributed by atoms with Gasteiger partial charge < -0.3 is 9.72 Å². The molecule has 186 valence electrons. The number of sulfonamides is 1. The molecule has 7 nitrogen and oxygen atoms in total. The van der Waals surface area contributed by atoms with Crippen molar-refractivity contribution in [3.63, 3.8) is 0 Å². The van der Waals surface area contributed by atoms with Crippen LogP contribution in [0.2, 0.25) is 0 Å². The second kappa shape index (κ2) is 9.87. The number of methoxy groups -OCH3 is 1. The van der Waals surface area contributed by atoms with Crippen LogP contribution in [0, 0.1) is 5.82 Å². The summed E-state index contributed by atoms with van der Waals surface area (Å²) in [7, 11) is -2.64. The fourth-order valence-electron chi connectivity index (χ4n) is 4.16. The summed E-state index contributed by atoms with van der Waals surface area (Å²) in [6.07, 6.45) is 0.266. The van der Waals surface area contributed by atoms with Gasteiger partial charge in [-0.05, 0) is 41.5 Å². The minimum atomic E-state index is -4.05. The topological polar surface area (TPSA) is 101 Å². The molecule has 2 aromatic heterocycles. The molecular formula is C28H22FN3O4S. The third kappa shape index (κ3) is 4.94. The fraction of sp³-hybridized carbons (Fsp3) is 0.0714. The number of fused-ring (bicyclic) bond motifs is 1. The van der Waals surface area contributed by atoms with Crippen LogP contribution in [0.3, 0.4) is 0 Å². The number of amides is 1. The zero-order chi connectivity index (χ0) is 26.0. The molecule has 3 aromatic carbocycles. The second-order valence-electron chi connectivity index (χ2n) is 8.32. The van der Waals surface area contributed by atoms with Crippen LogP contribution in [0.25, 0.3) is 22.2 Å². The molecule has 2 heterocycles. The maximum atomic E-state index is 14.7. The van der Waals surface area contributed by atoms with Crippen molar-refractivity contribution in [3.8, 4) is 17.0 Å². The van der Waals surface area contributed by atoms with E-state index >= 15 is 0 Å². The quantitative estimate of drug-likeness (QED) is 0.315. The summed E-state index contributed by atoms with van der Waals surface area (Å²) in [4.78, 5) is 20.5. The molecule has 0 aliphatic heterocycles. The minimum absolute atomic E-state index is 0.0248. The van der Waals surface area contributed by atoms with E-state index in [0.717, 1.165) is 16.8 Å². The van der Waals surface area contributed by atoms with E-state index in [2.05, 4.69) is 14.7 Å². The number of benzene rings is 3. The molecule has 0 unspecified atom stereocenters. The van der Waals surface area contributed by atoms with Crippen molar-refractivity contribution < 1.29 is 22.3 Å². The average molecular weight is 516 g/mol. The number of rotatable bonds is 7. The molecule has 2 N–H and O–H groups in total. The number of halogens is 1. The number of H-pyrrole nitrogens is 1. The van der Waals surface area contributed by atoms with Gasteiger partial charge in [0, 0.05) is 23.6 Å². The van der Waals surface area contributed by atoms with Gasteiger partial charge in [0.1, 0.15) is 5.69 Å². The van der Waals surface area contributed by atoms with Gasteiger partial charge >= 0.3 is 0 Å². The van der Waals surface area contributed by atoms with Crippen LogP contribution >= 0.6 is 0 Å². The van der Waals surface area contributed by atoms with Crippen molar-refractivity contribution >= 4 is 26.8 Å². The number of pyridine rings is 1. The molecule has 0 aliphatic rings. The molecule has 0 saturated carbocycles. The molecule has 0 bridgehead atoms. The van der Waals surface area contributed by atoms with Crippen LogP contribution in [-0.2, 0) is 16.4 Å². The predicted octanol–water partition coefficient (Wildman–Crippen LogP) is 5.09. The number of nitrogens with one attached hydrogen (secondary N) is 2. The highest BCUT2D eigenvalue weighted by Gasteiger charge is 2.21. The Kier molecular flexibility index (Phi) is 6.45. The standard InChI is InChI=1S/C28H22FN3O4S/c1-36-26-17-25-21(16-23(26)29)22(27(31-25)18-9-4-2-5-10-18)15-19-11-8-14-24(30-19)28(33)32-37(34,35)20-12-6-3-7-13-20/h2-14,16-17,31H,15H2,1H3,(H,32,33). The highest BCUT2D eigenvalue weighted by atomic mass is 32.2. The molecule has 5 rings (SSSR count). The van der Waals surface area contributed by atoms with Crippen molar-refractivity contribution in [3.05, 3.63) is 114 Å². The van der Waals surface area contributed by atoms with Crippen LogP contribution in [0.15, 0.2) is 95.9 Å². The van der Waals surface area contributed by atoms with Gasteiger partial charge in [-0.2, -0.15) is 0 Å². The summed E-state index contributed by atoms with van der Waals surface area (Å²) >= 11 is 0. The van der Waals surface area contributed by atoms with E-state index in [-0.39, 0.29) is 22.8 Å². The Morgan fingerprint density at radius 3 is 2.38 bits per heavy atom. The van der Waals surface area contributed by atoms with Crippen molar-refractivity contribution in [2.24, 2.45) is 0 Å². The van der Waals surface area contributed by atoms with Gasteiger partial charge in [0.25, 0.3) is 15.9 Å². The molecular weight excluding hydrogens is 493 g/mol. The van der Waals surface area contributed by atoms with E-state index in [1.165, 1.54) is 31.4 Å². The molecule has 0 atom stereocenters. The third-order valence-corrected chi connectivity index (χ3v) is 7.27. The number of hydrogen-bond donors (Lipinski definition) is 2. The zero-order valence-electron chi connectivity index (χ0n) is 19.7. The third-order valence-electron chi connectivity index (χ3n) is 5.92. The van der Waals surface area contributed by atoms with Crippen LogP contribution in [-0.4, -0.2) is 31.4 Å². The lowest BCUT2D eigenvalue weighted by molar-refractivity contribution is 0.0976. The van der Waals surface area contributed by atoms with Crippen molar-refractivity contribution in [2.45, 2.75) is 11.3 Å². The maximum absolute atomic E-state index is 14.7. The van der Waals surface area contributed by atoms with E-state index in [0.29, 0.717) is 16.6 Å².